The maximum absolute atomic E-state index is 12.6. The van der Waals surface area contributed by atoms with Gasteiger partial charge in [-0.1, -0.05) is 54.6 Å². The first-order chi connectivity index (χ1) is 10.9. The van der Waals surface area contributed by atoms with Crippen LogP contribution in [0.2, 0.25) is 0 Å². The molecule has 0 bridgehead atoms. The van der Waals surface area contributed by atoms with Crippen molar-refractivity contribution in [2.75, 3.05) is 0 Å². The number of fused-ring (bicyclic) bond motifs is 1. The van der Waals surface area contributed by atoms with E-state index in [-0.39, 0.29) is 10.8 Å². The van der Waals surface area contributed by atoms with Gasteiger partial charge < -0.3 is 0 Å². The number of nitrogens with one attached hydrogen (secondary N) is 1. The van der Waals surface area contributed by atoms with Crippen molar-refractivity contribution in [3.05, 3.63) is 71.3 Å². The van der Waals surface area contributed by atoms with Crippen LogP contribution in [-0.2, 0) is 17.4 Å². The first-order valence-electron chi connectivity index (χ1n) is 8.26. The lowest BCUT2D eigenvalue weighted by atomic mass is 9.78. The average Bonchev–Trinajstić information content (AvgIpc) is 2.54. The van der Waals surface area contributed by atoms with E-state index in [2.05, 4.69) is 59.3 Å². The van der Waals surface area contributed by atoms with Crippen LogP contribution >= 0.6 is 0 Å². The van der Waals surface area contributed by atoms with E-state index in [1.165, 1.54) is 16.7 Å². The third-order valence-electron chi connectivity index (χ3n) is 4.49. The minimum atomic E-state index is -1.06. The zero-order valence-electron chi connectivity index (χ0n) is 14.1. The maximum atomic E-state index is 12.6. The molecule has 1 aliphatic rings. The number of rotatable bonds is 3. The Morgan fingerprint density at radius 1 is 1.00 bits per heavy atom. The van der Waals surface area contributed by atoms with Crippen LogP contribution in [0.4, 0.5) is 0 Å². The van der Waals surface area contributed by atoms with Gasteiger partial charge in [-0.15, -0.1) is 0 Å². The quantitative estimate of drug-likeness (QED) is 0.883. The van der Waals surface area contributed by atoms with Crippen LogP contribution in [0.1, 0.15) is 55.8 Å². The molecule has 122 valence electrons. The fraction of sp³-hybridized carbons (Fsp3) is 0.400. The fourth-order valence-corrected chi connectivity index (χ4v) is 4.05. The summed E-state index contributed by atoms with van der Waals surface area (Å²) in [6.07, 6.45) is 2.05. The Balaban J connectivity index is 1.90. The van der Waals surface area contributed by atoms with Gasteiger partial charge in [0.2, 0.25) is 0 Å². The van der Waals surface area contributed by atoms with Crippen molar-refractivity contribution in [2.24, 2.45) is 0 Å². The normalized spacial score (nSPS) is 22.4. The molecule has 0 amide bonds. The van der Waals surface area contributed by atoms with E-state index in [1.807, 2.05) is 20.8 Å². The van der Waals surface area contributed by atoms with Gasteiger partial charge >= 0.3 is 0 Å². The standard InChI is InChI=1S/C20H25NOS/c1-20(2,3)23(22)21-19-14-17(15-9-5-4-6-10-15)13-16-11-7-8-12-18(16)19/h4-12,17,19,21H,13-14H2,1-3H3/t17-,19+,23+/m0/s1. The third kappa shape index (κ3) is 3.73. The highest BCUT2D eigenvalue weighted by atomic mass is 32.2. The molecule has 0 aromatic heterocycles. The summed E-state index contributed by atoms with van der Waals surface area (Å²) in [5.41, 5.74) is 4.05. The lowest BCUT2D eigenvalue weighted by molar-refractivity contribution is 0.473. The summed E-state index contributed by atoms with van der Waals surface area (Å²) in [7, 11) is -1.06. The van der Waals surface area contributed by atoms with Gasteiger partial charge in [0.15, 0.2) is 0 Å². The molecule has 0 aliphatic heterocycles. The Hall–Kier alpha value is -1.45. The molecule has 3 rings (SSSR count). The highest BCUT2D eigenvalue weighted by Crippen LogP contribution is 2.39. The molecule has 3 atom stereocenters. The van der Waals surface area contributed by atoms with E-state index in [0.717, 1.165) is 12.8 Å². The van der Waals surface area contributed by atoms with E-state index >= 15 is 0 Å². The summed E-state index contributed by atoms with van der Waals surface area (Å²) >= 11 is 0. The van der Waals surface area contributed by atoms with Crippen LogP contribution in [0, 0.1) is 0 Å². The first kappa shape index (κ1) is 16.4. The highest BCUT2D eigenvalue weighted by molar-refractivity contribution is 7.84. The molecule has 0 unspecified atom stereocenters. The zero-order chi connectivity index (χ0) is 16.4. The van der Waals surface area contributed by atoms with Gasteiger partial charge in [-0.05, 0) is 56.2 Å². The molecule has 2 aromatic carbocycles. The van der Waals surface area contributed by atoms with Gasteiger partial charge in [0.1, 0.15) is 0 Å². The predicted octanol–water partition coefficient (Wildman–Crippen LogP) is 4.51. The Bertz CT molecular complexity index is 690. The minimum Gasteiger partial charge on any atom is -0.242 e. The summed E-state index contributed by atoms with van der Waals surface area (Å²) in [6.45, 7) is 6.04. The molecule has 0 saturated heterocycles. The SMILES string of the molecule is CC(C)(C)[S@@](=O)N[C@@H]1C[C@@H](c2ccccc2)Cc2ccccc21. The average molecular weight is 327 g/mol. The molecule has 3 heteroatoms. The Kier molecular flexibility index (Phi) is 4.69. The van der Waals surface area contributed by atoms with Gasteiger partial charge in [-0.2, -0.15) is 0 Å². The van der Waals surface area contributed by atoms with Crippen molar-refractivity contribution in [1.29, 1.82) is 0 Å². The fourth-order valence-electron chi connectivity index (χ4n) is 3.22. The topological polar surface area (TPSA) is 29.1 Å². The lowest BCUT2D eigenvalue weighted by Crippen LogP contribution is -2.38. The Labute approximate surface area is 141 Å². The summed E-state index contributed by atoms with van der Waals surface area (Å²) in [5.74, 6) is 0.473. The highest BCUT2D eigenvalue weighted by Gasteiger charge is 2.31. The number of benzene rings is 2. The number of hydrogen-bond acceptors (Lipinski definition) is 1. The third-order valence-corrected chi connectivity index (χ3v) is 6.10. The molecule has 0 heterocycles. The van der Waals surface area contributed by atoms with E-state index in [9.17, 15) is 4.21 Å². The Morgan fingerprint density at radius 3 is 2.35 bits per heavy atom. The van der Waals surface area contributed by atoms with Gasteiger partial charge in [0.05, 0.1) is 15.7 Å². The predicted molar refractivity (Wildman–Crippen MR) is 97.7 cm³/mol. The molecule has 0 spiro atoms. The molecule has 1 aliphatic carbocycles. The second-order valence-corrected chi connectivity index (χ2v) is 9.30. The summed E-state index contributed by atoms with van der Waals surface area (Å²) < 4.78 is 15.7. The molecule has 23 heavy (non-hydrogen) atoms. The molecule has 2 nitrogen and oxygen atoms in total. The van der Waals surface area contributed by atoms with Crippen molar-refractivity contribution in [3.63, 3.8) is 0 Å². The van der Waals surface area contributed by atoms with E-state index < -0.39 is 11.0 Å². The van der Waals surface area contributed by atoms with Crippen molar-refractivity contribution >= 4 is 11.0 Å². The van der Waals surface area contributed by atoms with Crippen LogP contribution in [0.5, 0.6) is 0 Å². The van der Waals surface area contributed by atoms with Gasteiger partial charge in [0, 0.05) is 6.04 Å². The van der Waals surface area contributed by atoms with E-state index in [0.29, 0.717) is 5.92 Å². The van der Waals surface area contributed by atoms with Crippen LogP contribution in [0.3, 0.4) is 0 Å². The molecule has 1 N–H and O–H groups in total. The van der Waals surface area contributed by atoms with Crippen molar-refractivity contribution in [1.82, 2.24) is 4.72 Å². The molecular formula is C20H25NOS. The largest absolute Gasteiger partial charge is 0.242 e. The molecule has 2 aromatic rings. The minimum absolute atomic E-state index is 0.144. The van der Waals surface area contributed by atoms with Gasteiger partial charge in [-0.3, -0.25) is 0 Å². The zero-order valence-corrected chi connectivity index (χ0v) is 14.9. The smallest absolute Gasteiger partial charge is 0.0975 e. The van der Waals surface area contributed by atoms with Crippen molar-refractivity contribution in [2.45, 2.75) is 50.3 Å². The summed E-state index contributed by atoms with van der Waals surface area (Å²) in [4.78, 5) is 0. The van der Waals surface area contributed by atoms with Crippen LogP contribution < -0.4 is 4.72 Å². The first-order valence-corrected chi connectivity index (χ1v) is 9.41. The summed E-state index contributed by atoms with van der Waals surface area (Å²) in [6, 6.07) is 19.4. The van der Waals surface area contributed by atoms with Crippen molar-refractivity contribution < 1.29 is 4.21 Å². The van der Waals surface area contributed by atoms with E-state index in [1.54, 1.807) is 0 Å². The molecular weight excluding hydrogens is 302 g/mol. The Morgan fingerprint density at radius 2 is 1.65 bits per heavy atom. The lowest BCUT2D eigenvalue weighted by Gasteiger charge is -2.33. The monoisotopic (exact) mass is 327 g/mol. The molecule has 0 fully saturated rings. The van der Waals surface area contributed by atoms with Crippen LogP contribution in [-0.4, -0.2) is 8.96 Å². The van der Waals surface area contributed by atoms with Crippen LogP contribution in [0.15, 0.2) is 54.6 Å². The van der Waals surface area contributed by atoms with E-state index in [4.69, 9.17) is 0 Å². The number of hydrogen-bond donors (Lipinski definition) is 1. The molecule has 0 radical (unpaired) electrons. The van der Waals surface area contributed by atoms with Crippen molar-refractivity contribution in [3.8, 4) is 0 Å². The van der Waals surface area contributed by atoms with Gasteiger partial charge in [0.25, 0.3) is 0 Å². The van der Waals surface area contributed by atoms with Gasteiger partial charge in [-0.25, -0.2) is 8.93 Å². The maximum Gasteiger partial charge on any atom is 0.0975 e. The second-order valence-electron chi connectivity index (χ2n) is 7.30. The van der Waals surface area contributed by atoms with Crippen LogP contribution in [0.25, 0.3) is 0 Å². The molecule has 0 saturated carbocycles. The summed E-state index contributed by atoms with van der Waals surface area (Å²) in [5, 5.41) is 0. The second kappa shape index (κ2) is 6.58.